The molecule has 0 spiro atoms. The molecule has 0 aliphatic heterocycles. The number of nitrogens with zero attached hydrogens (tertiary/aromatic N) is 2. The second-order valence-corrected chi connectivity index (χ2v) is 10.4. The Morgan fingerprint density at radius 1 is 1.10 bits per heavy atom. The number of rotatable bonds is 5. The molecule has 4 bridgehead atoms. The van der Waals surface area contributed by atoms with E-state index < -0.39 is 5.60 Å². The van der Waals surface area contributed by atoms with Crippen LogP contribution < -0.4 is 10.1 Å². The van der Waals surface area contributed by atoms with E-state index in [1.807, 2.05) is 0 Å². The smallest absolute Gasteiger partial charge is 0.316 e. The Balaban J connectivity index is 1.20. The molecule has 0 saturated heterocycles. The van der Waals surface area contributed by atoms with Gasteiger partial charge in [-0.05, 0) is 88.4 Å². The molecule has 0 radical (unpaired) electrons. The van der Waals surface area contributed by atoms with Crippen molar-refractivity contribution < 1.29 is 14.6 Å². The predicted molar refractivity (Wildman–Crippen MR) is 107 cm³/mol. The molecule has 7 rings (SSSR count). The van der Waals surface area contributed by atoms with Gasteiger partial charge in [-0.25, -0.2) is 4.98 Å². The summed E-state index contributed by atoms with van der Waals surface area (Å²) in [6, 6.07) is 0.619. The SMILES string of the molecule is O=C(N[C@H]1C2CC3CC1C[C@@](O)(C3)C2)c1cnc(OC2CCCC2)nc1C1CC1. The highest BCUT2D eigenvalue weighted by Gasteiger charge is 2.55. The van der Waals surface area contributed by atoms with Crippen molar-refractivity contribution in [3.05, 3.63) is 17.5 Å². The molecule has 1 aromatic rings. The van der Waals surface area contributed by atoms with Gasteiger partial charge in [-0.15, -0.1) is 0 Å². The Morgan fingerprint density at radius 2 is 1.83 bits per heavy atom. The van der Waals surface area contributed by atoms with Crippen LogP contribution in [0.25, 0.3) is 0 Å². The standard InChI is InChI=1S/C23H31N3O3/c27-21(25-19-15-7-13-8-16(19)11-23(28,9-13)10-15)18-12-24-22(26-20(18)14-5-6-14)29-17-3-1-2-4-17/h12-17,19,28H,1-11H2,(H,25,27)/t13?,15?,16?,19-,23+. The fourth-order valence-electron chi connectivity index (χ4n) is 6.88. The van der Waals surface area contributed by atoms with E-state index in [0.29, 0.717) is 35.2 Å². The van der Waals surface area contributed by atoms with Gasteiger partial charge in [0.25, 0.3) is 5.91 Å². The summed E-state index contributed by atoms with van der Waals surface area (Å²) in [7, 11) is 0. The van der Waals surface area contributed by atoms with Crippen LogP contribution in [0.3, 0.4) is 0 Å². The minimum absolute atomic E-state index is 0.0382. The maximum atomic E-state index is 13.2. The summed E-state index contributed by atoms with van der Waals surface area (Å²) < 4.78 is 5.99. The highest BCUT2D eigenvalue weighted by molar-refractivity contribution is 5.95. The summed E-state index contributed by atoms with van der Waals surface area (Å²) in [5, 5.41) is 14.1. The van der Waals surface area contributed by atoms with Crippen molar-refractivity contribution >= 4 is 5.91 Å². The second-order valence-electron chi connectivity index (χ2n) is 10.4. The number of carbonyl (C=O) groups is 1. The molecule has 1 heterocycles. The lowest BCUT2D eigenvalue weighted by molar-refractivity contribution is -0.136. The first-order valence-electron chi connectivity index (χ1n) is 11.6. The van der Waals surface area contributed by atoms with Gasteiger partial charge in [0.15, 0.2) is 0 Å². The summed E-state index contributed by atoms with van der Waals surface area (Å²) in [5.41, 5.74) is 1.02. The van der Waals surface area contributed by atoms with Crippen molar-refractivity contribution in [3.63, 3.8) is 0 Å². The molecule has 1 aromatic heterocycles. The van der Waals surface area contributed by atoms with Crippen molar-refractivity contribution in [1.29, 1.82) is 0 Å². The first-order chi connectivity index (χ1) is 14.1. The number of hydrogen-bond donors (Lipinski definition) is 2. The van der Waals surface area contributed by atoms with Gasteiger partial charge in [0.1, 0.15) is 6.10 Å². The summed E-state index contributed by atoms with van der Waals surface area (Å²) >= 11 is 0. The molecular formula is C23H31N3O3. The van der Waals surface area contributed by atoms with Crippen LogP contribution in [0.4, 0.5) is 0 Å². The van der Waals surface area contributed by atoms with E-state index in [4.69, 9.17) is 4.74 Å². The molecule has 2 atom stereocenters. The molecule has 29 heavy (non-hydrogen) atoms. The van der Waals surface area contributed by atoms with Crippen molar-refractivity contribution in [2.24, 2.45) is 17.8 Å². The third-order valence-corrected chi connectivity index (χ3v) is 8.12. The van der Waals surface area contributed by atoms with Gasteiger partial charge in [0.05, 0.1) is 16.9 Å². The molecular weight excluding hydrogens is 366 g/mol. The lowest BCUT2D eigenvalue weighted by Crippen LogP contribution is -2.61. The lowest BCUT2D eigenvalue weighted by atomic mass is 9.52. The van der Waals surface area contributed by atoms with Crippen LogP contribution in [0, 0.1) is 17.8 Å². The molecule has 6 nitrogen and oxygen atoms in total. The van der Waals surface area contributed by atoms with Crippen LogP contribution in [0.15, 0.2) is 6.20 Å². The Morgan fingerprint density at radius 3 is 2.48 bits per heavy atom. The Hall–Kier alpha value is -1.69. The zero-order chi connectivity index (χ0) is 19.6. The average molecular weight is 398 g/mol. The quantitative estimate of drug-likeness (QED) is 0.796. The van der Waals surface area contributed by atoms with Crippen LogP contribution in [-0.2, 0) is 0 Å². The third-order valence-electron chi connectivity index (χ3n) is 8.12. The van der Waals surface area contributed by atoms with E-state index in [0.717, 1.165) is 63.5 Å². The van der Waals surface area contributed by atoms with Gasteiger partial charge in [0.2, 0.25) is 0 Å². The number of carbonyl (C=O) groups excluding carboxylic acids is 1. The summed E-state index contributed by atoms with van der Waals surface area (Å²) in [5.74, 6) is 1.78. The van der Waals surface area contributed by atoms with Gasteiger partial charge >= 0.3 is 6.01 Å². The van der Waals surface area contributed by atoms with Crippen LogP contribution >= 0.6 is 0 Å². The fraction of sp³-hybridized carbons (Fsp3) is 0.783. The van der Waals surface area contributed by atoms with Crippen LogP contribution in [0.2, 0.25) is 0 Å². The van der Waals surface area contributed by atoms with E-state index >= 15 is 0 Å². The molecule has 6 saturated carbocycles. The van der Waals surface area contributed by atoms with Crippen LogP contribution in [0.1, 0.15) is 92.6 Å². The summed E-state index contributed by atoms with van der Waals surface area (Å²) in [6.45, 7) is 0. The van der Waals surface area contributed by atoms with E-state index in [1.54, 1.807) is 6.20 Å². The number of aromatic nitrogens is 2. The monoisotopic (exact) mass is 397 g/mol. The van der Waals surface area contributed by atoms with Crippen molar-refractivity contribution in [2.75, 3.05) is 0 Å². The molecule has 1 amide bonds. The number of amides is 1. The molecule has 0 aromatic carbocycles. The average Bonchev–Trinajstić information content (AvgIpc) is 3.40. The van der Waals surface area contributed by atoms with Gasteiger partial charge in [0, 0.05) is 18.2 Å². The number of hydrogen-bond acceptors (Lipinski definition) is 5. The van der Waals surface area contributed by atoms with Crippen molar-refractivity contribution in [1.82, 2.24) is 15.3 Å². The molecule has 6 aliphatic carbocycles. The highest BCUT2D eigenvalue weighted by atomic mass is 16.5. The maximum absolute atomic E-state index is 13.2. The Kier molecular flexibility index (Phi) is 4.16. The molecule has 156 valence electrons. The summed E-state index contributed by atoms with van der Waals surface area (Å²) in [4.78, 5) is 22.3. The van der Waals surface area contributed by atoms with E-state index in [9.17, 15) is 9.90 Å². The van der Waals surface area contributed by atoms with Gasteiger partial charge in [-0.3, -0.25) is 4.79 Å². The lowest BCUT2D eigenvalue weighted by Gasteiger charge is -2.58. The molecule has 2 unspecified atom stereocenters. The fourth-order valence-corrected chi connectivity index (χ4v) is 6.88. The largest absolute Gasteiger partial charge is 0.460 e. The predicted octanol–water partition coefficient (Wildman–Crippen LogP) is 3.34. The third kappa shape index (κ3) is 3.33. The maximum Gasteiger partial charge on any atom is 0.316 e. The zero-order valence-corrected chi connectivity index (χ0v) is 17.0. The minimum Gasteiger partial charge on any atom is -0.460 e. The van der Waals surface area contributed by atoms with Gasteiger partial charge in [-0.2, -0.15) is 4.98 Å². The summed E-state index contributed by atoms with van der Waals surface area (Å²) in [6.07, 6.45) is 13.6. The highest BCUT2D eigenvalue weighted by Crippen LogP contribution is 2.55. The molecule has 6 heteroatoms. The van der Waals surface area contributed by atoms with Gasteiger partial charge < -0.3 is 15.2 Å². The van der Waals surface area contributed by atoms with Gasteiger partial charge in [-0.1, -0.05) is 0 Å². The first-order valence-corrected chi connectivity index (χ1v) is 11.6. The normalized spacial score (nSPS) is 38.4. The van der Waals surface area contributed by atoms with E-state index in [2.05, 4.69) is 15.3 Å². The van der Waals surface area contributed by atoms with Crippen LogP contribution in [-0.4, -0.2) is 38.7 Å². The zero-order valence-electron chi connectivity index (χ0n) is 17.0. The topological polar surface area (TPSA) is 84.3 Å². The van der Waals surface area contributed by atoms with Crippen molar-refractivity contribution in [3.8, 4) is 6.01 Å². The Bertz CT molecular complexity index is 802. The van der Waals surface area contributed by atoms with E-state index in [1.165, 1.54) is 12.8 Å². The van der Waals surface area contributed by atoms with E-state index in [-0.39, 0.29) is 18.1 Å². The van der Waals surface area contributed by atoms with Crippen LogP contribution in [0.5, 0.6) is 6.01 Å². The molecule has 6 aliphatic rings. The Labute approximate surface area is 171 Å². The number of nitrogens with one attached hydrogen (secondary N) is 1. The number of ether oxygens (including phenoxy) is 1. The molecule has 2 N–H and O–H groups in total. The van der Waals surface area contributed by atoms with Crippen molar-refractivity contribution in [2.45, 2.75) is 94.3 Å². The minimum atomic E-state index is -0.473. The second kappa shape index (κ2) is 6.66. The molecule has 6 fully saturated rings. The first kappa shape index (κ1) is 18.1. The number of aliphatic hydroxyl groups is 1.